The molecular formula is C14H16BrNS. The van der Waals surface area contributed by atoms with Crippen LogP contribution in [0.25, 0.3) is 0 Å². The van der Waals surface area contributed by atoms with Gasteiger partial charge < -0.3 is 4.90 Å². The lowest BCUT2D eigenvalue weighted by Crippen LogP contribution is -2.21. The number of benzene rings is 1. The predicted octanol–water partition coefficient (Wildman–Crippen LogP) is 4.85. The van der Waals surface area contributed by atoms with Crippen LogP contribution in [0.3, 0.4) is 0 Å². The van der Waals surface area contributed by atoms with Crippen molar-refractivity contribution in [3.05, 3.63) is 50.6 Å². The van der Waals surface area contributed by atoms with Crippen molar-refractivity contribution in [3.8, 4) is 0 Å². The van der Waals surface area contributed by atoms with Gasteiger partial charge in [-0.1, -0.05) is 17.7 Å². The first-order valence-electron chi connectivity index (χ1n) is 5.73. The van der Waals surface area contributed by atoms with Crippen LogP contribution in [0.1, 0.15) is 17.4 Å². The monoisotopic (exact) mass is 309 g/mol. The van der Waals surface area contributed by atoms with Gasteiger partial charge in [0.05, 0.1) is 6.54 Å². The van der Waals surface area contributed by atoms with E-state index in [-0.39, 0.29) is 0 Å². The molecule has 2 rings (SSSR count). The first-order valence-corrected chi connectivity index (χ1v) is 7.41. The molecule has 0 fully saturated rings. The third-order valence-corrected chi connectivity index (χ3v) is 4.43. The minimum absolute atomic E-state index is 0.982. The number of hydrogen-bond acceptors (Lipinski definition) is 2. The van der Waals surface area contributed by atoms with E-state index < -0.39 is 0 Å². The number of halogens is 1. The normalized spacial score (nSPS) is 10.5. The van der Waals surface area contributed by atoms with Gasteiger partial charge in [-0.05, 0) is 48.0 Å². The fourth-order valence-electron chi connectivity index (χ4n) is 1.77. The van der Waals surface area contributed by atoms with Crippen molar-refractivity contribution >= 4 is 33.0 Å². The maximum Gasteiger partial charge on any atom is 0.0523 e. The lowest BCUT2D eigenvalue weighted by molar-refractivity contribution is 0.842. The molecule has 0 saturated carbocycles. The Labute approximate surface area is 115 Å². The van der Waals surface area contributed by atoms with Crippen molar-refractivity contribution in [2.45, 2.75) is 20.4 Å². The van der Waals surface area contributed by atoms with Crippen LogP contribution in [0, 0.1) is 6.92 Å². The Morgan fingerprint density at radius 1 is 1.24 bits per heavy atom. The van der Waals surface area contributed by atoms with Crippen molar-refractivity contribution in [1.29, 1.82) is 0 Å². The van der Waals surface area contributed by atoms with Crippen LogP contribution in [-0.4, -0.2) is 6.54 Å². The summed E-state index contributed by atoms with van der Waals surface area (Å²) in [6.07, 6.45) is 0. The second kappa shape index (κ2) is 5.69. The number of hydrogen-bond donors (Lipinski definition) is 0. The van der Waals surface area contributed by atoms with E-state index in [0.29, 0.717) is 0 Å². The number of aryl methyl sites for hydroxylation is 1. The molecule has 0 unspecified atom stereocenters. The molecule has 0 amide bonds. The van der Waals surface area contributed by atoms with Crippen LogP contribution in [0.5, 0.6) is 0 Å². The Hall–Kier alpha value is -0.800. The summed E-state index contributed by atoms with van der Waals surface area (Å²) in [7, 11) is 0. The summed E-state index contributed by atoms with van der Waals surface area (Å²) >= 11 is 5.30. The standard InChI is InChI=1S/C14H16BrNS/c1-3-16(9-14-8-12(15)10-17-14)13-6-4-11(2)5-7-13/h4-8,10H,3,9H2,1-2H3. The molecule has 0 N–H and O–H groups in total. The topological polar surface area (TPSA) is 3.24 Å². The Balaban J connectivity index is 2.13. The van der Waals surface area contributed by atoms with E-state index >= 15 is 0 Å². The summed E-state index contributed by atoms with van der Waals surface area (Å²) in [5, 5.41) is 2.14. The largest absolute Gasteiger partial charge is 0.367 e. The molecule has 0 aliphatic heterocycles. The Kier molecular flexibility index (Phi) is 4.24. The number of nitrogens with zero attached hydrogens (tertiary/aromatic N) is 1. The highest BCUT2D eigenvalue weighted by molar-refractivity contribution is 9.10. The van der Waals surface area contributed by atoms with E-state index in [2.05, 4.69) is 70.4 Å². The zero-order valence-electron chi connectivity index (χ0n) is 10.1. The van der Waals surface area contributed by atoms with Gasteiger partial charge in [-0.15, -0.1) is 11.3 Å². The lowest BCUT2D eigenvalue weighted by Gasteiger charge is -2.22. The average Bonchev–Trinajstić information content (AvgIpc) is 2.73. The zero-order valence-corrected chi connectivity index (χ0v) is 12.5. The van der Waals surface area contributed by atoms with Gasteiger partial charge in [0.2, 0.25) is 0 Å². The quantitative estimate of drug-likeness (QED) is 0.780. The Bertz CT molecular complexity index is 475. The maximum absolute atomic E-state index is 3.50. The van der Waals surface area contributed by atoms with Crippen LogP contribution < -0.4 is 4.90 Å². The van der Waals surface area contributed by atoms with Crippen molar-refractivity contribution in [2.75, 3.05) is 11.4 Å². The van der Waals surface area contributed by atoms with Gasteiger partial charge in [-0.3, -0.25) is 0 Å². The fraction of sp³-hybridized carbons (Fsp3) is 0.286. The molecule has 0 spiro atoms. The van der Waals surface area contributed by atoms with E-state index in [1.807, 2.05) is 0 Å². The maximum atomic E-state index is 3.50. The lowest BCUT2D eigenvalue weighted by atomic mass is 10.2. The third kappa shape index (κ3) is 3.33. The highest BCUT2D eigenvalue weighted by Gasteiger charge is 2.06. The van der Waals surface area contributed by atoms with Crippen molar-refractivity contribution in [3.63, 3.8) is 0 Å². The van der Waals surface area contributed by atoms with Crippen LogP contribution >= 0.6 is 27.3 Å². The molecule has 90 valence electrons. The summed E-state index contributed by atoms with van der Waals surface area (Å²) in [6, 6.07) is 10.9. The zero-order chi connectivity index (χ0) is 12.3. The van der Waals surface area contributed by atoms with Crippen LogP contribution in [0.2, 0.25) is 0 Å². The van der Waals surface area contributed by atoms with Crippen LogP contribution in [0.15, 0.2) is 40.2 Å². The highest BCUT2D eigenvalue weighted by atomic mass is 79.9. The fourth-order valence-corrected chi connectivity index (χ4v) is 3.23. The molecule has 1 aromatic carbocycles. The van der Waals surface area contributed by atoms with Gasteiger partial charge in [0.25, 0.3) is 0 Å². The number of thiophene rings is 1. The molecule has 0 aliphatic rings. The van der Waals surface area contributed by atoms with Crippen LogP contribution in [0.4, 0.5) is 5.69 Å². The summed E-state index contributed by atoms with van der Waals surface area (Å²) < 4.78 is 1.18. The van der Waals surface area contributed by atoms with E-state index in [1.54, 1.807) is 11.3 Å². The van der Waals surface area contributed by atoms with E-state index in [9.17, 15) is 0 Å². The molecule has 1 heterocycles. The van der Waals surface area contributed by atoms with Gasteiger partial charge in [0.1, 0.15) is 0 Å². The summed E-state index contributed by atoms with van der Waals surface area (Å²) in [5.41, 5.74) is 2.60. The number of rotatable bonds is 4. The summed E-state index contributed by atoms with van der Waals surface area (Å²) in [5.74, 6) is 0. The molecule has 0 atom stereocenters. The van der Waals surface area contributed by atoms with Gasteiger partial charge in [-0.2, -0.15) is 0 Å². The molecule has 3 heteroatoms. The van der Waals surface area contributed by atoms with Gasteiger partial charge in [-0.25, -0.2) is 0 Å². The van der Waals surface area contributed by atoms with Gasteiger partial charge >= 0.3 is 0 Å². The molecule has 1 aromatic heterocycles. The summed E-state index contributed by atoms with van der Waals surface area (Å²) in [6.45, 7) is 6.33. The molecule has 17 heavy (non-hydrogen) atoms. The average molecular weight is 310 g/mol. The molecule has 0 saturated heterocycles. The van der Waals surface area contributed by atoms with Crippen LogP contribution in [-0.2, 0) is 6.54 Å². The Morgan fingerprint density at radius 2 is 1.94 bits per heavy atom. The summed E-state index contributed by atoms with van der Waals surface area (Å²) in [4.78, 5) is 3.77. The molecule has 0 aliphatic carbocycles. The molecule has 0 bridgehead atoms. The van der Waals surface area contributed by atoms with Crippen molar-refractivity contribution in [2.24, 2.45) is 0 Å². The van der Waals surface area contributed by atoms with Crippen molar-refractivity contribution in [1.82, 2.24) is 0 Å². The Morgan fingerprint density at radius 3 is 2.47 bits per heavy atom. The third-order valence-electron chi connectivity index (χ3n) is 2.75. The molecule has 2 aromatic rings. The highest BCUT2D eigenvalue weighted by Crippen LogP contribution is 2.24. The molecular weight excluding hydrogens is 294 g/mol. The second-order valence-electron chi connectivity index (χ2n) is 4.08. The van der Waals surface area contributed by atoms with Gasteiger partial charge in [0, 0.05) is 27.0 Å². The van der Waals surface area contributed by atoms with E-state index in [1.165, 1.54) is 20.6 Å². The van der Waals surface area contributed by atoms with E-state index in [4.69, 9.17) is 0 Å². The first-order chi connectivity index (χ1) is 8.19. The van der Waals surface area contributed by atoms with Crippen molar-refractivity contribution < 1.29 is 0 Å². The molecule has 0 radical (unpaired) electrons. The SMILES string of the molecule is CCN(Cc1cc(Br)cs1)c1ccc(C)cc1. The number of anilines is 1. The predicted molar refractivity (Wildman–Crippen MR) is 79.9 cm³/mol. The van der Waals surface area contributed by atoms with Gasteiger partial charge in [0.15, 0.2) is 0 Å². The minimum atomic E-state index is 0.982. The molecule has 1 nitrogen and oxygen atoms in total. The first kappa shape index (κ1) is 12.7. The van der Waals surface area contributed by atoms with E-state index in [0.717, 1.165) is 13.1 Å². The smallest absolute Gasteiger partial charge is 0.0523 e. The minimum Gasteiger partial charge on any atom is -0.367 e. The second-order valence-corrected chi connectivity index (χ2v) is 5.99.